The summed E-state index contributed by atoms with van der Waals surface area (Å²) in [6, 6.07) is 16.7. The van der Waals surface area contributed by atoms with Crippen LogP contribution in [0.4, 0.5) is 11.4 Å². The van der Waals surface area contributed by atoms with Gasteiger partial charge in [-0.25, -0.2) is 13.4 Å². The van der Waals surface area contributed by atoms with Gasteiger partial charge < -0.3 is 5.32 Å². The van der Waals surface area contributed by atoms with E-state index in [-0.39, 0.29) is 16.0 Å². The van der Waals surface area contributed by atoms with E-state index in [4.69, 9.17) is 0 Å². The van der Waals surface area contributed by atoms with Crippen LogP contribution in [-0.4, -0.2) is 29.5 Å². The van der Waals surface area contributed by atoms with E-state index in [0.717, 1.165) is 17.2 Å². The number of aromatic nitrogens is 3. The summed E-state index contributed by atoms with van der Waals surface area (Å²) in [7, 11) is -3.64. The number of sulfonamides is 1. The van der Waals surface area contributed by atoms with Gasteiger partial charge in [-0.2, -0.15) is 5.10 Å². The summed E-state index contributed by atoms with van der Waals surface area (Å²) in [5.41, 5.74) is 2.03. The third kappa shape index (κ3) is 4.71. The molecule has 0 fully saturated rings. The summed E-state index contributed by atoms with van der Waals surface area (Å²) in [6.07, 6.45) is 0. The molecule has 2 aromatic heterocycles. The Hall–Kier alpha value is -3.50. The molecule has 1 amide bonds. The molecule has 164 valence electrons. The Labute approximate surface area is 189 Å². The van der Waals surface area contributed by atoms with E-state index in [1.165, 1.54) is 6.07 Å². The van der Waals surface area contributed by atoms with Gasteiger partial charge in [0.2, 0.25) is 0 Å². The van der Waals surface area contributed by atoms with Gasteiger partial charge in [0.1, 0.15) is 10.0 Å². The van der Waals surface area contributed by atoms with E-state index in [9.17, 15) is 13.2 Å². The van der Waals surface area contributed by atoms with Gasteiger partial charge in [0.05, 0.1) is 5.69 Å². The second-order valence-electron chi connectivity index (χ2n) is 7.31. The average Bonchev–Trinajstić information content (AvgIpc) is 3.47. The summed E-state index contributed by atoms with van der Waals surface area (Å²) in [5.74, 6) is 1.14. The van der Waals surface area contributed by atoms with Crippen molar-refractivity contribution in [3.8, 4) is 11.4 Å². The zero-order chi connectivity index (χ0) is 22.7. The van der Waals surface area contributed by atoms with E-state index >= 15 is 0 Å². The second kappa shape index (κ2) is 8.93. The number of nitrogens with one attached hydrogen (secondary N) is 3. The third-order valence-electron chi connectivity index (χ3n) is 4.62. The first kappa shape index (κ1) is 21.7. The van der Waals surface area contributed by atoms with Crippen LogP contribution in [0, 0.1) is 0 Å². The molecular formula is C22H21N5O3S2. The van der Waals surface area contributed by atoms with Crippen molar-refractivity contribution >= 4 is 38.6 Å². The van der Waals surface area contributed by atoms with Crippen molar-refractivity contribution in [1.82, 2.24) is 15.2 Å². The summed E-state index contributed by atoms with van der Waals surface area (Å²) in [6.45, 7) is 4.03. The predicted molar refractivity (Wildman–Crippen MR) is 125 cm³/mol. The number of nitrogens with zero attached hydrogens (tertiary/aromatic N) is 2. The van der Waals surface area contributed by atoms with Crippen molar-refractivity contribution in [2.24, 2.45) is 0 Å². The molecule has 4 rings (SSSR count). The van der Waals surface area contributed by atoms with Gasteiger partial charge in [0.15, 0.2) is 5.82 Å². The molecule has 0 aliphatic heterocycles. The highest BCUT2D eigenvalue weighted by Crippen LogP contribution is 2.27. The fraction of sp³-hybridized carbons (Fsp3) is 0.136. The van der Waals surface area contributed by atoms with E-state index < -0.39 is 10.0 Å². The predicted octanol–water partition coefficient (Wildman–Crippen LogP) is 4.71. The first-order valence-corrected chi connectivity index (χ1v) is 12.2. The van der Waals surface area contributed by atoms with Gasteiger partial charge in [-0.05, 0) is 47.8 Å². The van der Waals surface area contributed by atoms with Crippen molar-refractivity contribution in [1.29, 1.82) is 0 Å². The first-order valence-electron chi connectivity index (χ1n) is 9.83. The third-order valence-corrected chi connectivity index (χ3v) is 7.40. The van der Waals surface area contributed by atoms with Gasteiger partial charge in [0.25, 0.3) is 15.9 Å². The highest BCUT2D eigenvalue weighted by atomic mass is 32.2. The molecule has 0 saturated heterocycles. The number of amides is 1. The molecule has 0 atom stereocenters. The molecule has 2 aromatic carbocycles. The average molecular weight is 468 g/mol. The van der Waals surface area contributed by atoms with Crippen molar-refractivity contribution in [3.05, 3.63) is 77.4 Å². The highest BCUT2D eigenvalue weighted by molar-refractivity contribution is 7.94. The lowest BCUT2D eigenvalue weighted by molar-refractivity contribution is 0.102. The largest absolute Gasteiger partial charge is 0.321 e. The monoisotopic (exact) mass is 467 g/mol. The molecule has 0 spiro atoms. The van der Waals surface area contributed by atoms with Crippen LogP contribution in [0.3, 0.4) is 0 Å². The molecule has 0 bridgehead atoms. The van der Waals surface area contributed by atoms with E-state index in [1.807, 2.05) is 32.0 Å². The van der Waals surface area contributed by atoms with Crippen LogP contribution in [0.5, 0.6) is 0 Å². The van der Waals surface area contributed by atoms with Crippen molar-refractivity contribution in [2.45, 2.75) is 24.0 Å². The van der Waals surface area contributed by atoms with Gasteiger partial charge in [0, 0.05) is 22.7 Å². The number of anilines is 2. The molecular weight excluding hydrogens is 446 g/mol. The Bertz CT molecular complexity index is 1330. The molecule has 8 nitrogen and oxygen atoms in total. The second-order valence-corrected chi connectivity index (χ2v) is 10.2. The van der Waals surface area contributed by atoms with Crippen LogP contribution < -0.4 is 10.0 Å². The summed E-state index contributed by atoms with van der Waals surface area (Å²) in [4.78, 5) is 17.3. The summed E-state index contributed by atoms with van der Waals surface area (Å²) >= 11 is 1.13. The SMILES string of the molecule is CC(C)c1nc(-c2ccccc2NC(=O)c2ccc(NS(=O)(=O)c3cccs3)cc2)n[nH]1. The number of hydrogen-bond donors (Lipinski definition) is 3. The van der Waals surface area contributed by atoms with Crippen LogP contribution in [-0.2, 0) is 10.0 Å². The zero-order valence-electron chi connectivity index (χ0n) is 17.4. The molecule has 0 aliphatic carbocycles. The minimum Gasteiger partial charge on any atom is -0.321 e. The molecule has 2 heterocycles. The minimum atomic E-state index is -3.64. The van der Waals surface area contributed by atoms with Gasteiger partial charge in [-0.3, -0.25) is 14.6 Å². The summed E-state index contributed by atoms with van der Waals surface area (Å²) < 4.78 is 27.4. The number of H-pyrrole nitrogens is 1. The molecule has 0 radical (unpaired) electrons. The molecule has 10 heteroatoms. The zero-order valence-corrected chi connectivity index (χ0v) is 19.0. The number of para-hydroxylation sites is 1. The standard InChI is InChI=1S/C22H21N5O3S2/c1-14(2)20-24-21(26-25-20)17-6-3-4-7-18(17)23-22(28)15-9-11-16(12-10-15)27-32(29,30)19-8-5-13-31-19/h3-14,27H,1-2H3,(H,23,28)(H,24,25,26). The number of hydrogen-bond acceptors (Lipinski definition) is 6. The van der Waals surface area contributed by atoms with Crippen molar-refractivity contribution in [2.75, 3.05) is 10.0 Å². The van der Waals surface area contributed by atoms with Crippen LogP contribution in [0.15, 0.2) is 70.3 Å². The van der Waals surface area contributed by atoms with E-state index in [1.54, 1.807) is 41.8 Å². The number of carbonyl (C=O) groups is 1. The molecule has 0 aliphatic rings. The highest BCUT2D eigenvalue weighted by Gasteiger charge is 2.17. The maximum atomic E-state index is 12.8. The van der Waals surface area contributed by atoms with Gasteiger partial charge >= 0.3 is 0 Å². The summed E-state index contributed by atoms with van der Waals surface area (Å²) in [5, 5.41) is 11.8. The van der Waals surface area contributed by atoms with E-state index in [0.29, 0.717) is 28.3 Å². The lowest BCUT2D eigenvalue weighted by Gasteiger charge is -2.10. The molecule has 3 N–H and O–H groups in total. The number of benzene rings is 2. The number of rotatable bonds is 7. The Morgan fingerprint density at radius 1 is 1.03 bits per heavy atom. The Kier molecular flexibility index (Phi) is 6.06. The number of thiophene rings is 1. The molecule has 0 unspecified atom stereocenters. The fourth-order valence-electron chi connectivity index (χ4n) is 2.95. The van der Waals surface area contributed by atoms with Crippen LogP contribution in [0.1, 0.15) is 35.9 Å². The van der Waals surface area contributed by atoms with Gasteiger partial charge in [-0.1, -0.05) is 32.0 Å². The van der Waals surface area contributed by atoms with Crippen LogP contribution >= 0.6 is 11.3 Å². The minimum absolute atomic E-state index is 0.203. The molecule has 0 saturated carbocycles. The Morgan fingerprint density at radius 3 is 2.44 bits per heavy atom. The lowest BCUT2D eigenvalue weighted by atomic mass is 10.1. The lowest BCUT2D eigenvalue weighted by Crippen LogP contribution is -2.14. The maximum Gasteiger partial charge on any atom is 0.271 e. The van der Waals surface area contributed by atoms with Crippen molar-refractivity contribution in [3.63, 3.8) is 0 Å². The van der Waals surface area contributed by atoms with E-state index in [2.05, 4.69) is 25.2 Å². The van der Waals surface area contributed by atoms with Crippen LogP contribution in [0.2, 0.25) is 0 Å². The maximum absolute atomic E-state index is 12.8. The Balaban J connectivity index is 1.50. The van der Waals surface area contributed by atoms with Crippen molar-refractivity contribution < 1.29 is 13.2 Å². The van der Waals surface area contributed by atoms with Gasteiger partial charge in [-0.15, -0.1) is 11.3 Å². The smallest absolute Gasteiger partial charge is 0.271 e. The van der Waals surface area contributed by atoms with Crippen LogP contribution in [0.25, 0.3) is 11.4 Å². The fourth-order valence-corrected chi connectivity index (χ4v) is 5.00. The number of aromatic amines is 1. The first-order chi connectivity index (χ1) is 15.3. The normalized spacial score (nSPS) is 11.5. The number of carbonyl (C=O) groups excluding carboxylic acids is 1. The molecule has 32 heavy (non-hydrogen) atoms. The topological polar surface area (TPSA) is 117 Å². The Morgan fingerprint density at radius 2 is 1.78 bits per heavy atom. The quantitative estimate of drug-likeness (QED) is 0.364. The molecule has 4 aromatic rings.